The molecule has 0 amide bonds. The van der Waals surface area contributed by atoms with Gasteiger partial charge in [0.25, 0.3) is 0 Å². The number of fused-ring (bicyclic) bond motifs is 1. The number of rotatable bonds is 2. The lowest BCUT2D eigenvalue weighted by atomic mass is 9.92. The maximum atomic E-state index is 12.7. The Kier molecular flexibility index (Phi) is 5.30. The van der Waals surface area contributed by atoms with Gasteiger partial charge in [0.2, 0.25) is 10.0 Å². The number of nitrogens with zero attached hydrogens (tertiary/aromatic N) is 1. The molecule has 1 aromatic rings. The summed E-state index contributed by atoms with van der Waals surface area (Å²) in [6.45, 7) is 3.86. The van der Waals surface area contributed by atoms with Gasteiger partial charge in [-0.15, -0.1) is 12.4 Å². The van der Waals surface area contributed by atoms with Crippen LogP contribution in [0.4, 0.5) is 0 Å². The first-order chi connectivity index (χ1) is 9.57. The summed E-state index contributed by atoms with van der Waals surface area (Å²) in [6, 6.07) is 5.91. The molecule has 3 rings (SSSR count). The van der Waals surface area contributed by atoms with Crippen molar-refractivity contribution in [2.75, 3.05) is 19.6 Å². The summed E-state index contributed by atoms with van der Waals surface area (Å²) in [5.41, 5.74) is 2.55. The summed E-state index contributed by atoms with van der Waals surface area (Å²) < 4.78 is 27.0. The fourth-order valence-corrected chi connectivity index (χ4v) is 4.72. The zero-order valence-electron chi connectivity index (χ0n) is 12.3. The number of hydrogen-bond donors (Lipinski definition) is 1. The summed E-state index contributed by atoms with van der Waals surface area (Å²) in [5, 5.41) is 3.28. The molecule has 1 aliphatic carbocycles. The van der Waals surface area contributed by atoms with Gasteiger partial charge in [0.15, 0.2) is 0 Å². The molecule has 1 unspecified atom stereocenters. The van der Waals surface area contributed by atoms with Crippen LogP contribution >= 0.6 is 12.4 Å². The predicted octanol–water partition coefficient (Wildman–Crippen LogP) is 1.97. The highest BCUT2D eigenvalue weighted by Crippen LogP contribution is 2.26. The summed E-state index contributed by atoms with van der Waals surface area (Å²) in [6.07, 6.45) is 4.48. The van der Waals surface area contributed by atoms with Gasteiger partial charge in [-0.05, 0) is 55.9 Å². The molecule has 2 aliphatic rings. The molecule has 1 N–H and O–H groups in total. The van der Waals surface area contributed by atoms with E-state index >= 15 is 0 Å². The Morgan fingerprint density at radius 1 is 1.19 bits per heavy atom. The first kappa shape index (κ1) is 16.7. The molecule has 21 heavy (non-hydrogen) atoms. The average molecular weight is 331 g/mol. The van der Waals surface area contributed by atoms with Gasteiger partial charge in [0.1, 0.15) is 0 Å². The SMILES string of the molecule is CC1CN(S(=O)(=O)c2ccc3c(c2)CCCC3)CCN1.Cl. The lowest BCUT2D eigenvalue weighted by Crippen LogP contribution is -2.51. The van der Waals surface area contributed by atoms with Crippen LogP contribution < -0.4 is 5.32 Å². The highest BCUT2D eigenvalue weighted by molar-refractivity contribution is 7.89. The molecule has 1 aromatic carbocycles. The minimum atomic E-state index is -3.34. The van der Waals surface area contributed by atoms with E-state index in [2.05, 4.69) is 5.32 Å². The Morgan fingerprint density at radius 2 is 1.90 bits per heavy atom. The van der Waals surface area contributed by atoms with Gasteiger partial charge >= 0.3 is 0 Å². The number of benzene rings is 1. The smallest absolute Gasteiger partial charge is 0.243 e. The first-order valence-corrected chi connectivity index (χ1v) is 8.87. The summed E-state index contributed by atoms with van der Waals surface area (Å²) >= 11 is 0. The van der Waals surface area contributed by atoms with Crippen LogP contribution in [0.25, 0.3) is 0 Å². The van der Waals surface area contributed by atoms with Crippen LogP contribution in [0.15, 0.2) is 23.1 Å². The van der Waals surface area contributed by atoms with Gasteiger partial charge in [0, 0.05) is 25.7 Å². The number of piperazine rings is 1. The van der Waals surface area contributed by atoms with Crippen LogP contribution in [0, 0.1) is 0 Å². The van der Waals surface area contributed by atoms with E-state index in [9.17, 15) is 8.42 Å². The van der Waals surface area contributed by atoms with E-state index in [0.29, 0.717) is 18.0 Å². The van der Waals surface area contributed by atoms with Crippen molar-refractivity contribution in [3.63, 3.8) is 0 Å². The molecular formula is C15H23ClN2O2S. The molecule has 0 bridgehead atoms. The van der Waals surface area contributed by atoms with Crippen molar-refractivity contribution in [3.05, 3.63) is 29.3 Å². The molecule has 0 radical (unpaired) electrons. The van der Waals surface area contributed by atoms with Gasteiger partial charge in [-0.3, -0.25) is 0 Å². The third-order valence-corrected chi connectivity index (χ3v) is 6.15. The minimum absolute atomic E-state index is 0. The highest BCUT2D eigenvalue weighted by atomic mass is 35.5. The fourth-order valence-electron chi connectivity index (χ4n) is 3.13. The Bertz CT molecular complexity index is 604. The Labute approximate surface area is 133 Å². The lowest BCUT2D eigenvalue weighted by molar-refractivity contribution is 0.310. The third-order valence-electron chi connectivity index (χ3n) is 4.29. The fraction of sp³-hybridized carbons (Fsp3) is 0.600. The highest BCUT2D eigenvalue weighted by Gasteiger charge is 2.29. The van der Waals surface area contributed by atoms with Crippen molar-refractivity contribution in [1.29, 1.82) is 0 Å². The monoisotopic (exact) mass is 330 g/mol. The summed E-state index contributed by atoms with van der Waals surface area (Å²) in [5.74, 6) is 0. The minimum Gasteiger partial charge on any atom is -0.312 e. The standard InChI is InChI=1S/C15H22N2O2S.ClH/c1-12-11-17(9-8-16-12)20(18,19)15-7-6-13-4-2-3-5-14(13)10-15;/h6-7,10,12,16H,2-5,8-9,11H2,1H3;1H. The molecule has 0 spiro atoms. The van der Waals surface area contributed by atoms with E-state index in [1.54, 1.807) is 10.4 Å². The van der Waals surface area contributed by atoms with Crippen molar-refractivity contribution in [3.8, 4) is 0 Å². The Morgan fingerprint density at radius 3 is 2.62 bits per heavy atom. The summed E-state index contributed by atoms with van der Waals surface area (Å²) in [4.78, 5) is 0.465. The van der Waals surface area contributed by atoms with Gasteiger partial charge in [0.05, 0.1) is 4.90 Å². The number of aryl methyl sites for hydroxylation is 2. The second-order valence-electron chi connectivity index (χ2n) is 5.86. The predicted molar refractivity (Wildman–Crippen MR) is 86.6 cm³/mol. The van der Waals surface area contributed by atoms with Crippen LogP contribution in [0.5, 0.6) is 0 Å². The maximum absolute atomic E-state index is 12.7. The van der Waals surface area contributed by atoms with Crippen molar-refractivity contribution in [1.82, 2.24) is 9.62 Å². The second kappa shape index (κ2) is 6.65. The molecule has 0 saturated carbocycles. The molecule has 4 nitrogen and oxygen atoms in total. The maximum Gasteiger partial charge on any atom is 0.243 e. The van der Waals surface area contributed by atoms with Gasteiger partial charge in [-0.2, -0.15) is 4.31 Å². The lowest BCUT2D eigenvalue weighted by Gasteiger charge is -2.31. The van der Waals surface area contributed by atoms with Gasteiger partial charge in [-0.1, -0.05) is 6.07 Å². The van der Waals surface area contributed by atoms with E-state index in [0.717, 1.165) is 19.4 Å². The van der Waals surface area contributed by atoms with Crippen LogP contribution in [-0.4, -0.2) is 38.4 Å². The molecule has 6 heteroatoms. The number of halogens is 1. The van der Waals surface area contributed by atoms with Crippen molar-refractivity contribution >= 4 is 22.4 Å². The van der Waals surface area contributed by atoms with E-state index in [4.69, 9.17) is 0 Å². The Balaban J connectivity index is 0.00000161. The van der Waals surface area contributed by atoms with E-state index in [-0.39, 0.29) is 18.4 Å². The normalized spacial score (nSPS) is 23.2. The average Bonchev–Trinajstić information content (AvgIpc) is 2.46. The van der Waals surface area contributed by atoms with Crippen molar-refractivity contribution in [2.45, 2.75) is 43.5 Å². The zero-order chi connectivity index (χ0) is 14.2. The first-order valence-electron chi connectivity index (χ1n) is 7.43. The molecule has 1 aliphatic heterocycles. The van der Waals surface area contributed by atoms with E-state index in [1.807, 2.05) is 19.1 Å². The van der Waals surface area contributed by atoms with Crippen LogP contribution in [0.3, 0.4) is 0 Å². The molecule has 1 saturated heterocycles. The third kappa shape index (κ3) is 3.42. The molecule has 1 fully saturated rings. The second-order valence-corrected chi connectivity index (χ2v) is 7.79. The van der Waals surface area contributed by atoms with Crippen LogP contribution in [0.2, 0.25) is 0 Å². The largest absolute Gasteiger partial charge is 0.312 e. The molecule has 118 valence electrons. The quantitative estimate of drug-likeness (QED) is 0.902. The van der Waals surface area contributed by atoms with Crippen LogP contribution in [0.1, 0.15) is 30.9 Å². The molecular weight excluding hydrogens is 308 g/mol. The molecule has 1 heterocycles. The van der Waals surface area contributed by atoms with Crippen molar-refractivity contribution < 1.29 is 8.42 Å². The molecule has 0 aromatic heterocycles. The zero-order valence-corrected chi connectivity index (χ0v) is 14.0. The molecule has 1 atom stereocenters. The van der Waals surface area contributed by atoms with Gasteiger partial charge in [-0.25, -0.2) is 8.42 Å². The Hall–Kier alpha value is -0.620. The van der Waals surface area contributed by atoms with Gasteiger partial charge < -0.3 is 5.32 Å². The summed E-state index contributed by atoms with van der Waals surface area (Å²) in [7, 11) is -3.34. The number of sulfonamides is 1. The van der Waals surface area contributed by atoms with Crippen LogP contribution in [-0.2, 0) is 22.9 Å². The number of nitrogens with one attached hydrogen (secondary N) is 1. The topological polar surface area (TPSA) is 49.4 Å². The number of hydrogen-bond acceptors (Lipinski definition) is 3. The van der Waals surface area contributed by atoms with E-state index < -0.39 is 10.0 Å². The van der Waals surface area contributed by atoms with Crippen molar-refractivity contribution in [2.24, 2.45) is 0 Å². The van der Waals surface area contributed by atoms with E-state index in [1.165, 1.54) is 24.0 Å².